The zero-order valence-corrected chi connectivity index (χ0v) is 11.1. The largest absolute Gasteiger partial charge is 0.396 e. The minimum Gasteiger partial charge on any atom is -0.396 e. The first-order chi connectivity index (χ1) is 9.25. The Labute approximate surface area is 116 Å². The van der Waals surface area contributed by atoms with Gasteiger partial charge in [-0.15, -0.1) is 0 Å². The second kappa shape index (κ2) is 4.90. The Kier molecular flexibility index (Phi) is 3.10. The summed E-state index contributed by atoms with van der Waals surface area (Å²) >= 11 is 6.24. The van der Waals surface area contributed by atoms with E-state index in [0.717, 1.165) is 22.9 Å². The number of para-hydroxylation sites is 1. The van der Waals surface area contributed by atoms with Gasteiger partial charge >= 0.3 is 0 Å². The van der Waals surface area contributed by atoms with Crippen molar-refractivity contribution < 1.29 is 0 Å². The summed E-state index contributed by atoms with van der Waals surface area (Å²) in [5, 5.41) is 1.50. The number of halogens is 1. The molecular formula is C16H13ClN2. The lowest BCUT2D eigenvalue weighted by molar-refractivity contribution is 1.19. The number of anilines is 1. The summed E-state index contributed by atoms with van der Waals surface area (Å²) < 4.78 is 0. The Morgan fingerprint density at radius 1 is 1.00 bits per heavy atom. The smallest absolute Gasteiger partial charge is 0.0753 e. The molecule has 2 aromatic carbocycles. The summed E-state index contributed by atoms with van der Waals surface area (Å²) in [6, 6.07) is 16.3. The molecule has 3 heteroatoms. The van der Waals surface area contributed by atoms with Crippen LogP contribution in [0.15, 0.2) is 54.7 Å². The van der Waals surface area contributed by atoms with Crippen molar-refractivity contribution in [3.05, 3.63) is 70.9 Å². The maximum absolute atomic E-state index is 6.24. The van der Waals surface area contributed by atoms with Gasteiger partial charge in [0.15, 0.2) is 0 Å². The van der Waals surface area contributed by atoms with Crippen LogP contribution in [0, 0.1) is 0 Å². The highest BCUT2D eigenvalue weighted by Crippen LogP contribution is 2.29. The number of hydrogen-bond donors (Lipinski definition) is 1. The van der Waals surface area contributed by atoms with Crippen LogP contribution in [0.5, 0.6) is 0 Å². The van der Waals surface area contributed by atoms with Crippen LogP contribution in [-0.2, 0) is 6.42 Å². The maximum atomic E-state index is 6.24. The predicted molar refractivity (Wildman–Crippen MR) is 80.4 cm³/mol. The average molecular weight is 269 g/mol. The lowest BCUT2D eigenvalue weighted by Gasteiger charge is -2.08. The number of benzene rings is 2. The number of fused-ring (bicyclic) bond motifs is 1. The standard InChI is InChI=1S/C16H13ClN2/c17-15-13-8-4-7-12(16(13)19-10-14(15)18)9-11-5-2-1-3-6-11/h1-8,10H,9,18H2. The average Bonchev–Trinajstić information content (AvgIpc) is 2.45. The van der Waals surface area contributed by atoms with E-state index in [4.69, 9.17) is 17.3 Å². The van der Waals surface area contributed by atoms with E-state index in [9.17, 15) is 0 Å². The molecule has 0 aliphatic heterocycles. The topological polar surface area (TPSA) is 38.9 Å². The Hall–Kier alpha value is -2.06. The second-order valence-electron chi connectivity index (χ2n) is 4.50. The minimum absolute atomic E-state index is 0.519. The van der Waals surface area contributed by atoms with Crippen molar-refractivity contribution in [1.82, 2.24) is 4.98 Å². The zero-order chi connectivity index (χ0) is 13.2. The predicted octanol–water partition coefficient (Wildman–Crippen LogP) is 4.06. The molecule has 0 amide bonds. The number of aromatic nitrogens is 1. The van der Waals surface area contributed by atoms with Crippen molar-refractivity contribution in [3.63, 3.8) is 0 Å². The monoisotopic (exact) mass is 268 g/mol. The molecule has 0 aliphatic carbocycles. The molecular weight excluding hydrogens is 256 g/mol. The molecule has 3 rings (SSSR count). The summed E-state index contributed by atoms with van der Waals surface area (Å²) in [6.45, 7) is 0. The van der Waals surface area contributed by atoms with Gasteiger partial charge in [0.05, 0.1) is 22.4 Å². The quantitative estimate of drug-likeness (QED) is 0.761. The van der Waals surface area contributed by atoms with E-state index in [1.165, 1.54) is 5.56 Å². The highest BCUT2D eigenvalue weighted by molar-refractivity contribution is 6.37. The molecule has 1 heterocycles. The van der Waals surface area contributed by atoms with Gasteiger partial charge in [-0.3, -0.25) is 4.98 Å². The maximum Gasteiger partial charge on any atom is 0.0753 e. The number of nitrogens with two attached hydrogens (primary N) is 1. The normalized spacial score (nSPS) is 10.8. The molecule has 0 aliphatic rings. The summed E-state index contributed by atoms with van der Waals surface area (Å²) in [5.41, 5.74) is 9.65. The fraction of sp³-hybridized carbons (Fsp3) is 0.0625. The van der Waals surface area contributed by atoms with E-state index in [1.807, 2.05) is 30.3 Å². The Morgan fingerprint density at radius 3 is 2.58 bits per heavy atom. The molecule has 0 saturated heterocycles. The lowest BCUT2D eigenvalue weighted by Crippen LogP contribution is -1.95. The minimum atomic E-state index is 0.519. The first-order valence-corrected chi connectivity index (χ1v) is 6.49. The fourth-order valence-corrected chi connectivity index (χ4v) is 2.43. The van der Waals surface area contributed by atoms with Crippen molar-refractivity contribution in [3.8, 4) is 0 Å². The number of pyridine rings is 1. The summed E-state index contributed by atoms with van der Waals surface area (Å²) in [7, 11) is 0. The van der Waals surface area contributed by atoms with Gasteiger partial charge in [-0.25, -0.2) is 0 Å². The van der Waals surface area contributed by atoms with Crippen LogP contribution < -0.4 is 5.73 Å². The van der Waals surface area contributed by atoms with Crippen LogP contribution in [-0.4, -0.2) is 4.98 Å². The fourth-order valence-electron chi connectivity index (χ4n) is 2.23. The molecule has 0 unspecified atom stereocenters. The highest BCUT2D eigenvalue weighted by atomic mass is 35.5. The van der Waals surface area contributed by atoms with Crippen molar-refractivity contribution in [2.24, 2.45) is 0 Å². The Bertz CT molecular complexity index is 723. The third-order valence-corrected chi connectivity index (χ3v) is 3.60. The lowest BCUT2D eigenvalue weighted by atomic mass is 10.0. The number of hydrogen-bond acceptors (Lipinski definition) is 2. The molecule has 19 heavy (non-hydrogen) atoms. The van der Waals surface area contributed by atoms with Gasteiger partial charge in [-0.05, 0) is 17.5 Å². The molecule has 0 bridgehead atoms. The van der Waals surface area contributed by atoms with Crippen LogP contribution in [0.3, 0.4) is 0 Å². The van der Waals surface area contributed by atoms with E-state index in [-0.39, 0.29) is 0 Å². The zero-order valence-electron chi connectivity index (χ0n) is 10.3. The number of nitrogens with zero attached hydrogens (tertiary/aromatic N) is 1. The van der Waals surface area contributed by atoms with Gasteiger partial charge in [0, 0.05) is 5.39 Å². The van der Waals surface area contributed by atoms with Gasteiger partial charge in [-0.1, -0.05) is 60.1 Å². The van der Waals surface area contributed by atoms with Crippen molar-refractivity contribution in [2.75, 3.05) is 5.73 Å². The van der Waals surface area contributed by atoms with Crippen LogP contribution in [0.25, 0.3) is 10.9 Å². The third kappa shape index (κ3) is 2.27. The van der Waals surface area contributed by atoms with Crippen molar-refractivity contribution in [2.45, 2.75) is 6.42 Å². The van der Waals surface area contributed by atoms with Crippen molar-refractivity contribution in [1.29, 1.82) is 0 Å². The molecule has 0 atom stereocenters. The summed E-state index contributed by atoms with van der Waals surface area (Å²) in [5.74, 6) is 0. The molecule has 0 spiro atoms. The van der Waals surface area contributed by atoms with E-state index in [1.54, 1.807) is 6.20 Å². The highest BCUT2D eigenvalue weighted by Gasteiger charge is 2.08. The molecule has 1 aromatic heterocycles. The summed E-state index contributed by atoms with van der Waals surface area (Å²) in [6.07, 6.45) is 2.46. The second-order valence-corrected chi connectivity index (χ2v) is 4.88. The molecule has 2 N–H and O–H groups in total. The molecule has 2 nitrogen and oxygen atoms in total. The Morgan fingerprint density at radius 2 is 1.79 bits per heavy atom. The van der Waals surface area contributed by atoms with Crippen LogP contribution in [0.4, 0.5) is 5.69 Å². The Balaban J connectivity index is 2.12. The van der Waals surface area contributed by atoms with E-state index < -0.39 is 0 Å². The summed E-state index contributed by atoms with van der Waals surface area (Å²) in [4.78, 5) is 4.43. The van der Waals surface area contributed by atoms with Crippen LogP contribution in [0.2, 0.25) is 5.02 Å². The molecule has 0 radical (unpaired) electrons. The van der Waals surface area contributed by atoms with Crippen LogP contribution in [0.1, 0.15) is 11.1 Å². The number of rotatable bonds is 2. The van der Waals surface area contributed by atoms with Crippen LogP contribution >= 0.6 is 11.6 Å². The first kappa shape index (κ1) is 12.0. The van der Waals surface area contributed by atoms with Crippen molar-refractivity contribution >= 4 is 28.2 Å². The van der Waals surface area contributed by atoms with E-state index >= 15 is 0 Å². The molecule has 0 saturated carbocycles. The van der Waals surface area contributed by atoms with Gasteiger partial charge < -0.3 is 5.73 Å². The van der Waals surface area contributed by atoms with Gasteiger partial charge in [0.25, 0.3) is 0 Å². The van der Waals surface area contributed by atoms with Gasteiger partial charge in [-0.2, -0.15) is 0 Å². The van der Waals surface area contributed by atoms with E-state index in [0.29, 0.717) is 10.7 Å². The number of nitrogen functional groups attached to an aromatic ring is 1. The van der Waals surface area contributed by atoms with Gasteiger partial charge in [0.2, 0.25) is 0 Å². The first-order valence-electron chi connectivity index (χ1n) is 6.11. The third-order valence-electron chi connectivity index (χ3n) is 3.18. The SMILES string of the molecule is Nc1cnc2c(Cc3ccccc3)cccc2c1Cl. The molecule has 94 valence electrons. The molecule has 0 fully saturated rings. The van der Waals surface area contributed by atoms with Gasteiger partial charge in [0.1, 0.15) is 0 Å². The molecule has 3 aromatic rings. The van der Waals surface area contributed by atoms with E-state index in [2.05, 4.69) is 23.2 Å².